The highest BCUT2D eigenvalue weighted by Crippen LogP contribution is 2.50. The lowest BCUT2D eigenvalue weighted by molar-refractivity contribution is -0.137. The van der Waals surface area contributed by atoms with Gasteiger partial charge in [0.2, 0.25) is 5.91 Å². The van der Waals surface area contributed by atoms with Crippen molar-refractivity contribution in [3.63, 3.8) is 0 Å². The second-order valence-electron chi connectivity index (χ2n) is 8.44. The summed E-state index contributed by atoms with van der Waals surface area (Å²) < 4.78 is 11.0. The van der Waals surface area contributed by atoms with E-state index in [0.717, 1.165) is 63.1 Å². The van der Waals surface area contributed by atoms with Gasteiger partial charge in [0.1, 0.15) is 0 Å². The van der Waals surface area contributed by atoms with E-state index in [2.05, 4.69) is 29.0 Å². The van der Waals surface area contributed by atoms with Gasteiger partial charge < -0.3 is 19.3 Å². The lowest BCUT2D eigenvalue weighted by Gasteiger charge is -2.48. The van der Waals surface area contributed by atoms with Gasteiger partial charge in [-0.05, 0) is 69.8 Å². The van der Waals surface area contributed by atoms with Gasteiger partial charge in [0, 0.05) is 30.5 Å². The van der Waals surface area contributed by atoms with Crippen molar-refractivity contribution in [3.05, 3.63) is 23.8 Å². The minimum atomic E-state index is 0.156. The van der Waals surface area contributed by atoms with Crippen molar-refractivity contribution in [2.24, 2.45) is 0 Å². The van der Waals surface area contributed by atoms with E-state index in [4.69, 9.17) is 9.47 Å². The van der Waals surface area contributed by atoms with Crippen LogP contribution < -0.4 is 9.47 Å². The molecule has 0 radical (unpaired) electrons. The van der Waals surface area contributed by atoms with Crippen LogP contribution in [-0.2, 0) is 10.2 Å². The van der Waals surface area contributed by atoms with E-state index in [9.17, 15) is 4.79 Å². The van der Waals surface area contributed by atoms with Crippen molar-refractivity contribution < 1.29 is 14.3 Å². The fraction of sp³-hybridized carbons (Fsp3) is 0.682. The van der Waals surface area contributed by atoms with Crippen LogP contribution in [0.4, 0.5) is 0 Å². The molecule has 1 amide bonds. The number of methoxy groups -OCH3 is 2. The van der Waals surface area contributed by atoms with E-state index in [1.54, 1.807) is 14.2 Å². The Kier molecular flexibility index (Phi) is 5.06. The Morgan fingerprint density at radius 3 is 2.63 bits per heavy atom. The molecule has 5 heteroatoms. The van der Waals surface area contributed by atoms with E-state index in [0.29, 0.717) is 18.0 Å². The van der Waals surface area contributed by atoms with Crippen molar-refractivity contribution in [3.8, 4) is 11.5 Å². The van der Waals surface area contributed by atoms with Crippen LogP contribution in [0.25, 0.3) is 0 Å². The lowest BCUT2D eigenvalue weighted by Crippen LogP contribution is -2.53. The number of fused-ring (bicyclic) bond motifs is 1. The minimum Gasteiger partial charge on any atom is -0.493 e. The number of nitrogens with zero attached hydrogens (tertiary/aromatic N) is 2. The summed E-state index contributed by atoms with van der Waals surface area (Å²) in [7, 11) is 5.63. The summed E-state index contributed by atoms with van der Waals surface area (Å²) in [4.78, 5) is 17.2. The summed E-state index contributed by atoms with van der Waals surface area (Å²) in [5, 5.41) is 0. The molecule has 2 aliphatic heterocycles. The lowest BCUT2D eigenvalue weighted by atomic mass is 9.64. The zero-order valence-electron chi connectivity index (χ0n) is 16.9. The van der Waals surface area contributed by atoms with E-state index < -0.39 is 0 Å². The van der Waals surface area contributed by atoms with Gasteiger partial charge in [0.15, 0.2) is 11.5 Å². The molecule has 3 atom stereocenters. The summed E-state index contributed by atoms with van der Waals surface area (Å²) in [6.07, 6.45) is 7.43. The van der Waals surface area contributed by atoms with E-state index >= 15 is 0 Å². The Morgan fingerprint density at radius 1 is 1.07 bits per heavy atom. The second kappa shape index (κ2) is 7.34. The number of likely N-dealkylation sites (N-methyl/N-ethyl adjacent to an activating group) is 1. The summed E-state index contributed by atoms with van der Waals surface area (Å²) >= 11 is 0. The molecule has 0 N–H and O–H groups in total. The molecule has 0 spiro atoms. The van der Waals surface area contributed by atoms with Crippen molar-refractivity contribution in [2.75, 3.05) is 34.4 Å². The van der Waals surface area contributed by atoms with Crippen LogP contribution in [0.2, 0.25) is 0 Å². The number of benzene rings is 1. The van der Waals surface area contributed by atoms with Crippen LogP contribution in [0.3, 0.4) is 0 Å². The first-order valence-electron chi connectivity index (χ1n) is 10.3. The van der Waals surface area contributed by atoms with E-state index in [1.807, 2.05) is 6.07 Å². The number of hydrogen-bond donors (Lipinski definition) is 0. The van der Waals surface area contributed by atoms with Crippen LogP contribution in [0.15, 0.2) is 18.2 Å². The SMILES string of the molecule is COc1ccc([C@@]23CC[C@@H](N4CCCCC4=O)C[C@@H]2N(C)CC3)cc1OC. The highest BCUT2D eigenvalue weighted by molar-refractivity contribution is 5.77. The molecule has 0 bridgehead atoms. The molecule has 1 saturated carbocycles. The molecule has 1 aliphatic carbocycles. The molecule has 2 saturated heterocycles. The van der Waals surface area contributed by atoms with Crippen molar-refractivity contribution in [1.29, 1.82) is 0 Å². The Balaban J connectivity index is 1.62. The van der Waals surface area contributed by atoms with Gasteiger partial charge in [-0.2, -0.15) is 0 Å². The molecular formula is C22H32N2O3. The summed E-state index contributed by atoms with van der Waals surface area (Å²) in [5.74, 6) is 1.96. The maximum Gasteiger partial charge on any atom is 0.222 e. The summed E-state index contributed by atoms with van der Waals surface area (Å²) in [5.41, 5.74) is 1.52. The molecule has 2 heterocycles. The third-order valence-electron chi connectivity index (χ3n) is 7.26. The number of ether oxygens (including phenoxy) is 2. The first kappa shape index (κ1) is 18.6. The fourth-order valence-electron chi connectivity index (χ4n) is 5.74. The molecule has 4 rings (SSSR count). The van der Waals surface area contributed by atoms with Crippen molar-refractivity contribution in [2.45, 2.75) is 62.4 Å². The second-order valence-corrected chi connectivity index (χ2v) is 8.44. The number of amides is 1. The maximum atomic E-state index is 12.5. The Hall–Kier alpha value is -1.75. The predicted molar refractivity (Wildman–Crippen MR) is 105 cm³/mol. The Bertz CT molecular complexity index is 707. The number of likely N-dealkylation sites (tertiary alicyclic amines) is 2. The fourth-order valence-corrected chi connectivity index (χ4v) is 5.74. The van der Waals surface area contributed by atoms with Gasteiger partial charge in [0.25, 0.3) is 0 Å². The highest BCUT2D eigenvalue weighted by Gasteiger charge is 2.51. The molecule has 27 heavy (non-hydrogen) atoms. The molecule has 3 fully saturated rings. The van der Waals surface area contributed by atoms with Crippen molar-refractivity contribution >= 4 is 5.91 Å². The Labute approximate surface area is 162 Å². The topological polar surface area (TPSA) is 42.0 Å². The normalized spacial score (nSPS) is 31.7. The van der Waals surface area contributed by atoms with Crippen LogP contribution in [0.1, 0.15) is 50.5 Å². The van der Waals surface area contributed by atoms with Gasteiger partial charge in [0.05, 0.1) is 14.2 Å². The number of carbonyl (C=O) groups excluding carboxylic acids is 1. The van der Waals surface area contributed by atoms with Gasteiger partial charge in [-0.1, -0.05) is 6.07 Å². The van der Waals surface area contributed by atoms with Gasteiger partial charge >= 0.3 is 0 Å². The summed E-state index contributed by atoms with van der Waals surface area (Å²) in [6.45, 7) is 2.06. The van der Waals surface area contributed by atoms with Gasteiger partial charge in [-0.15, -0.1) is 0 Å². The van der Waals surface area contributed by atoms with Gasteiger partial charge in [-0.3, -0.25) is 4.79 Å². The minimum absolute atomic E-state index is 0.156. The standard InChI is InChI=1S/C22H32N2O3/c1-23-13-11-22(16-7-8-18(26-2)19(14-16)27-3)10-9-17(15-20(22)23)24-12-5-4-6-21(24)25/h7-8,14,17,20H,4-6,9-13,15H2,1-3H3/t17-,20+,22+/m1/s1. The average molecular weight is 373 g/mol. The predicted octanol–water partition coefficient (Wildman–Crippen LogP) is 3.21. The monoisotopic (exact) mass is 372 g/mol. The zero-order valence-corrected chi connectivity index (χ0v) is 16.9. The average Bonchev–Trinajstić information content (AvgIpc) is 3.05. The maximum absolute atomic E-state index is 12.5. The number of hydrogen-bond acceptors (Lipinski definition) is 4. The molecule has 0 unspecified atom stereocenters. The van der Waals surface area contributed by atoms with Gasteiger partial charge in [-0.25, -0.2) is 0 Å². The molecule has 3 aliphatic rings. The van der Waals surface area contributed by atoms with E-state index in [-0.39, 0.29) is 5.41 Å². The molecular weight excluding hydrogens is 340 g/mol. The first-order chi connectivity index (χ1) is 13.1. The first-order valence-corrected chi connectivity index (χ1v) is 10.3. The molecule has 1 aromatic carbocycles. The summed E-state index contributed by atoms with van der Waals surface area (Å²) in [6, 6.07) is 7.32. The quantitative estimate of drug-likeness (QED) is 0.814. The molecule has 1 aromatic rings. The third kappa shape index (κ3) is 3.10. The van der Waals surface area contributed by atoms with Crippen LogP contribution in [0, 0.1) is 0 Å². The number of piperidine rings is 1. The zero-order chi connectivity index (χ0) is 19.0. The number of rotatable bonds is 4. The van der Waals surface area contributed by atoms with Crippen LogP contribution in [-0.4, -0.2) is 62.1 Å². The van der Waals surface area contributed by atoms with Crippen molar-refractivity contribution in [1.82, 2.24) is 9.80 Å². The molecule has 5 nitrogen and oxygen atoms in total. The third-order valence-corrected chi connectivity index (χ3v) is 7.26. The number of carbonyl (C=O) groups is 1. The molecule has 148 valence electrons. The Morgan fingerprint density at radius 2 is 1.89 bits per heavy atom. The smallest absolute Gasteiger partial charge is 0.222 e. The van der Waals surface area contributed by atoms with Crippen LogP contribution in [0.5, 0.6) is 11.5 Å². The highest BCUT2D eigenvalue weighted by atomic mass is 16.5. The van der Waals surface area contributed by atoms with Crippen LogP contribution >= 0.6 is 0 Å². The van der Waals surface area contributed by atoms with E-state index in [1.165, 1.54) is 12.0 Å². The largest absolute Gasteiger partial charge is 0.493 e. The molecule has 0 aromatic heterocycles.